The van der Waals surface area contributed by atoms with Gasteiger partial charge in [0.05, 0.1) is 6.61 Å². The lowest BCUT2D eigenvalue weighted by Crippen LogP contribution is -2.38. The van der Waals surface area contributed by atoms with E-state index in [0.717, 1.165) is 5.75 Å². The molecule has 118 valence electrons. The monoisotopic (exact) mass is 444 g/mol. The van der Waals surface area contributed by atoms with Crippen molar-refractivity contribution in [2.75, 3.05) is 24.0 Å². The van der Waals surface area contributed by atoms with Crippen molar-refractivity contribution in [3.05, 3.63) is 11.1 Å². The van der Waals surface area contributed by atoms with Gasteiger partial charge in [0.1, 0.15) is 18.0 Å². The van der Waals surface area contributed by atoms with E-state index in [-0.39, 0.29) is 12.4 Å². The van der Waals surface area contributed by atoms with Crippen LogP contribution in [0.5, 0.6) is 0 Å². The summed E-state index contributed by atoms with van der Waals surface area (Å²) in [6.45, 7) is 5.91. The molecule has 0 bridgehead atoms. The van der Waals surface area contributed by atoms with Crippen molar-refractivity contribution in [3.8, 4) is 0 Å². The summed E-state index contributed by atoms with van der Waals surface area (Å²) in [4.78, 5) is 28.3. The molecule has 0 radical (unpaired) electrons. The maximum Gasteiger partial charge on any atom is 0.418 e. The van der Waals surface area contributed by atoms with Crippen LogP contribution in [0, 0.1) is 0 Å². The van der Waals surface area contributed by atoms with Gasteiger partial charge in [-0.05, 0) is 42.0 Å². The van der Waals surface area contributed by atoms with E-state index in [9.17, 15) is 9.59 Å². The Bertz CT molecular complexity index is 476. The molecule has 6 nitrogen and oxygen atoms in total. The van der Waals surface area contributed by atoms with Crippen LogP contribution in [-0.4, -0.2) is 42.1 Å². The molecule has 0 aliphatic carbocycles. The predicted octanol–water partition coefficient (Wildman–Crippen LogP) is 3.75. The highest BCUT2D eigenvalue weighted by Gasteiger charge is 2.25. The number of aromatic nitrogens is 1. The number of amides is 1. The highest BCUT2D eigenvalue weighted by atomic mass is 127. The van der Waals surface area contributed by atoms with Gasteiger partial charge in [0, 0.05) is 11.1 Å². The Balaban J connectivity index is 2.78. The number of carbonyl (C=O) groups excluding carboxylic acids is 2. The van der Waals surface area contributed by atoms with E-state index in [2.05, 4.69) is 26.2 Å². The van der Waals surface area contributed by atoms with Crippen LogP contribution in [0.15, 0.2) is 5.38 Å². The number of halogens is 1. The summed E-state index contributed by atoms with van der Waals surface area (Å²) in [5, 5.41) is 1.97. The van der Waals surface area contributed by atoms with Crippen LogP contribution < -0.4 is 4.90 Å². The predicted molar refractivity (Wildman–Crippen MR) is 93.5 cm³/mol. The van der Waals surface area contributed by atoms with Crippen molar-refractivity contribution < 1.29 is 19.1 Å². The van der Waals surface area contributed by atoms with E-state index >= 15 is 0 Å². The molecule has 0 unspecified atom stereocenters. The van der Waals surface area contributed by atoms with E-state index < -0.39 is 11.7 Å². The fourth-order valence-corrected chi connectivity index (χ4v) is 2.67. The molecular formula is C12H17IN2O4S2. The smallest absolute Gasteiger partial charge is 0.418 e. The number of thiazole rings is 1. The summed E-state index contributed by atoms with van der Waals surface area (Å²) < 4.78 is 10.8. The summed E-state index contributed by atoms with van der Waals surface area (Å²) in [6.07, 6.45) is 0.0948. The van der Waals surface area contributed by atoms with E-state index in [1.807, 2.05) is 0 Å². The van der Waals surface area contributed by atoms with Crippen LogP contribution in [-0.2, 0) is 9.47 Å². The van der Waals surface area contributed by atoms with Gasteiger partial charge in [0.15, 0.2) is 11.4 Å². The maximum atomic E-state index is 12.2. The minimum atomic E-state index is -0.613. The summed E-state index contributed by atoms with van der Waals surface area (Å²) in [5.74, 6) is 0.820. The average Bonchev–Trinajstić information content (AvgIpc) is 2.85. The topological polar surface area (TPSA) is 68.7 Å². The molecule has 1 rings (SSSR count). The molecule has 1 aromatic heterocycles. The van der Waals surface area contributed by atoms with E-state index in [1.54, 1.807) is 35.1 Å². The summed E-state index contributed by atoms with van der Waals surface area (Å²) >= 11 is 3.37. The third-order valence-electron chi connectivity index (χ3n) is 2.00. The van der Waals surface area contributed by atoms with E-state index in [1.165, 1.54) is 16.2 Å². The van der Waals surface area contributed by atoms with Crippen molar-refractivity contribution in [1.29, 1.82) is 0 Å². The second kappa shape index (κ2) is 8.91. The van der Waals surface area contributed by atoms with Gasteiger partial charge < -0.3 is 9.47 Å². The first-order chi connectivity index (χ1) is 9.87. The second-order valence-corrected chi connectivity index (χ2v) is 8.26. The Morgan fingerprint density at radius 1 is 1.57 bits per heavy atom. The van der Waals surface area contributed by atoms with Gasteiger partial charge in [-0.3, -0.25) is 4.79 Å². The molecule has 0 aliphatic rings. The molecule has 0 saturated carbocycles. The number of nitrogens with zero attached hydrogens (tertiary/aromatic N) is 2. The number of ether oxygens (including phenoxy) is 2. The lowest BCUT2D eigenvalue weighted by atomic mass is 10.2. The maximum absolute atomic E-state index is 12.2. The molecule has 0 aromatic carbocycles. The highest BCUT2D eigenvalue weighted by Crippen LogP contribution is 2.22. The standard InChI is InChI=1S/C12H17IN2O4S2/c1-12(2,3)19-11(17)15(8-18-4-5-21-13)10-14-9(6-16)7-20-10/h6-7H,4-5,8H2,1-3H3. The van der Waals surface area contributed by atoms with Gasteiger partial charge in [-0.15, -0.1) is 11.3 Å². The Morgan fingerprint density at radius 2 is 2.29 bits per heavy atom. The first-order valence-electron chi connectivity index (χ1n) is 6.10. The van der Waals surface area contributed by atoms with Gasteiger partial charge in [0.2, 0.25) is 0 Å². The molecule has 1 aromatic rings. The van der Waals surface area contributed by atoms with Crippen molar-refractivity contribution >= 4 is 59.0 Å². The lowest BCUT2D eigenvalue weighted by Gasteiger charge is -2.25. The van der Waals surface area contributed by atoms with Gasteiger partial charge in [0.25, 0.3) is 0 Å². The van der Waals surface area contributed by atoms with Crippen LogP contribution in [0.1, 0.15) is 31.3 Å². The molecule has 21 heavy (non-hydrogen) atoms. The van der Waals surface area contributed by atoms with E-state index in [4.69, 9.17) is 9.47 Å². The van der Waals surface area contributed by atoms with Crippen LogP contribution in [0.2, 0.25) is 0 Å². The Labute approximate surface area is 144 Å². The summed E-state index contributed by atoms with van der Waals surface area (Å²) in [6, 6.07) is 0. The first-order valence-corrected chi connectivity index (χ1v) is 10.5. The number of hydrogen-bond acceptors (Lipinski definition) is 7. The number of aldehydes is 1. The van der Waals surface area contributed by atoms with Gasteiger partial charge in [-0.1, -0.05) is 8.93 Å². The SMILES string of the molecule is CC(C)(C)OC(=O)N(COCCSI)c1nc(C=O)cs1. The van der Waals surface area contributed by atoms with Crippen LogP contribution in [0.4, 0.5) is 9.93 Å². The minimum absolute atomic E-state index is 0.0396. The number of hydrogen-bond donors (Lipinski definition) is 0. The molecule has 1 amide bonds. The molecule has 0 spiro atoms. The average molecular weight is 444 g/mol. The Kier molecular flexibility index (Phi) is 7.92. The third-order valence-corrected chi connectivity index (χ3v) is 4.52. The number of carbonyl (C=O) groups is 2. The third kappa shape index (κ3) is 6.94. The second-order valence-electron chi connectivity index (χ2n) is 4.93. The quantitative estimate of drug-likeness (QED) is 0.276. The Hall–Kier alpha value is -0.390. The van der Waals surface area contributed by atoms with Crippen molar-refractivity contribution in [2.24, 2.45) is 0 Å². The normalized spacial score (nSPS) is 11.2. The van der Waals surface area contributed by atoms with Gasteiger partial charge >= 0.3 is 6.09 Å². The molecule has 1 heterocycles. The zero-order chi connectivity index (χ0) is 15.9. The van der Waals surface area contributed by atoms with Crippen LogP contribution >= 0.6 is 41.5 Å². The highest BCUT2D eigenvalue weighted by molar-refractivity contribution is 14.2. The molecule has 0 N–H and O–H groups in total. The van der Waals surface area contributed by atoms with Crippen molar-refractivity contribution in [2.45, 2.75) is 26.4 Å². The number of anilines is 1. The van der Waals surface area contributed by atoms with Crippen molar-refractivity contribution in [3.63, 3.8) is 0 Å². The molecule has 0 fully saturated rings. The van der Waals surface area contributed by atoms with E-state index in [0.29, 0.717) is 18.0 Å². The molecule has 0 saturated heterocycles. The fraction of sp³-hybridized carbons (Fsp3) is 0.583. The zero-order valence-electron chi connectivity index (χ0n) is 12.0. The fourth-order valence-electron chi connectivity index (χ4n) is 1.20. The van der Waals surface area contributed by atoms with Crippen LogP contribution in [0.25, 0.3) is 0 Å². The van der Waals surface area contributed by atoms with Crippen molar-refractivity contribution in [1.82, 2.24) is 4.98 Å². The first kappa shape index (κ1) is 18.7. The molecule has 0 atom stereocenters. The van der Waals surface area contributed by atoms with Gasteiger partial charge in [-0.25, -0.2) is 14.7 Å². The van der Waals surface area contributed by atoms with Gasteiger partial charge in [-0.2, -0.15) is 0 Å². The van der Waals surface area contributed by atoms with Crippen LogP contribution in [0.3, 0.4) is 0 Å². The largest absolute Gasteiger partial charge is 0.443 e. The summed E-state index contributed by atoms with van der Waals surface area (Å²) in [7, 11) is 1.63. The summed E-state index contributed by atoms with van der Waals surface area (Å²) in [5.41, 5.74) is -0.329. The molecular weight excluding hydrogens is 427 g/mol. The Morgan fingerprint density at radius 3 is 2.81 bits per heavy atom. The zero-order valence-corrected chi connectivity index (χ0v) is 15.8. The minimum Gasteiger partial charge on any atom is -0.443 e. The molecule has 0 aliphatic heterocycles. The lowest BCUT2D eigenvalue weighted by molar-refractivity contribution is 0.0501. The number of rotatable bonds is 7. The molecule has 9 heteroatoms.